The molecule has 2 aromatic heterocycles. The Morgan fingerprint density at radius 1 is 1.03 bits per heavy atom. The Bertz CT molecular complexity index is 1300. The van der Waals surface area contributed by atoms with Gasteiger partial charge in [0, 0.05) is 18.7 Å². The molecule has 0 aliphatic carbocycles. The molecule has 1 saturated heterocycles. The predicted molar refractivity (Wildman–Crippen MR) is 149 cm³/mol. The Labute approximate surface area is 218 Å². The fraction of sp³-hybridized carbons (Fsp3) is 0.310. The number of amides is 1. The summed E-state index contributed by atoms with van der Waals surface area (Å²) in [5, 5.41) is 5.62. The first-order valence-electron chi connectivity index (χ1n) is 12.9. The number of aromatic nitrogens is 4. The number of nitrogens with two attached hydrogens (primary N) is 1. The summed E-state index contributed by atoms with van der Waals surface area (Å²) in [5.74, 6) is 1.80. The Morgan fingerprint density at radius 3 is 2.38 bits per heavy atom. The maximum Gasteiger partial charge on any atom is 0.246 e. The van der Waals surface area contributed by atoms with Crippen LogP contribution in [-0.4, -0.2) is 43.6 Å². The Balaban J connectivity index is 0.000000907. The van der Waals surface area contributed by atoms with E-state index < -0.39 is 0 Å². The molecular weight excluding hydrogens is 464 g/mol. The van der Waals surface area contributed by atoms with Gasteiger partial charge in [0.05, 0.1) is 11.4 Å². The molecule has 0 spiro atoms. The average molecular weight is 501 g/mol. The van der Waals surface area contributed by atoms with Crippen LogP contribution in [0.25, 0.3) is 22.3 Å². The molecule has 2 aromatic carbocycles. The van der Waals surface area contributed by atoms with Crippen molar-refractivity contribution in [1.29, 1.82) is 0 Å². The van der Waals surface area contributed by atoms with Crippen LogP contribution < -0.4 is 10.5 Å². The molecule has 37 heavy (non-hydrogen) atoms. The molecule has 1 atom stereocenters. The molecule has 2 N–H and O–H groups in total. The van der Waals surface area contributed by atoms with E-state index in [1.54, 1.807) is 4.90 Å². The smallest absolute Gasteiger partial charge is 0.246 e. The lowest BCUT2D eigenvalue weighted by Gasteiger charge is -2.32. The highest BCUT2D eigenvalue weighted by Gasteiger charge is 2.28. The average Bonchev–Trinajstić information content (AvgIpc) is 3.37. The van der Waals surface area contributed by atoms with Gasteiger partial charge in [-0.15, -0.1) is 0 Å². The molecule has 1 aliphatic heterocycles. The number of ether oxygens (including phenoxy) is 1. The maximum absolute atomic E-state index is 12.2. The van der Waals surface area contributed by atoms with E-state index in [-0.39, 0.29) is 11.9 Å². The number of fused-ring (bicyclic) bond motifs is 1. The van der Waals surface area contributed by atoms with Crippen LogP contribution in [0.4, 0.5) is 5.82 Å². The lowest BCUT2D eigenvalue weighted by molar-refractivity contribution is -0.127. The molecule has 5 rings (SSSR count). The Hall–Kier alpha value is -4.20. The summed E-state index contributed by atoms with van der Waals surface area (Å²) in [4.78, 5) is 22.7. The second-order valence-corrected chi connectivity index (χ2v) is 7.97. The van der Waals surface area contributed by atoms with Crippen LogP contribution in [-0.2, 0) is 4.79 Å². The van der Waals surface area contributed by atoms with E-state index in [9.17, 15) is 4.79 Å². The second kappa shape index (κ2) is 13.2. The van der Waals surface area contributed by atoms with Crippen molar-refractivity contribution in [3.63, 3.8) is 0 Å². The van der Waals surface area contributed by atoms with E-state index >= 15 is 0 Å². The third-order valence-corrected chi connectivity index (χ3v) is 5.85. The number of anilines is 1. The number of hydrogen-bond donors (Lipinski definition) is 1. The number of likely N-dealkylation sites (tertiary alicyclic amines) is 1. The summed E-state index contributed by atoms with van der Waals surface area (Å²) in [7, 11) is 0. The molecule has 1 amide bonds. The zero-order valence-corrected chi connectivity index (χ0v) is 22.1. The molecule has 1 aliphatic rings. The number of nitrogen functional groups attached to an aromatic ring is 1. The minimum Gasteiger partial charge on any atom is -0.457 e. The van der Waals surface area contributed by atoms with Crippen LogP contribution in [0, 0.1) is 0 Å². The standard InChI is InChI=1S/C25H24N6O2.2C2H6/c1-2-21(32)30-14-6-7-18(15-30)31-25-22(24(26)27-16-28-25)23(29-31)17-10-12-20(13-11-17)33-19-8-4-3-5-9-19;2*1-2/h2-5,8-13,16,18H,1,6-7,14-15H2,(H2,26,27,28);2*1-2H3/t18-;;/m1../s1. The van der Waals surface area contributed by atoms with Gasteiger partial charge in [-0.25, -0.2) is 14.6 Å². The molecule has 8 nitrogen and oxygen atoms in total. The van der Waals surface area contributed by atoms with Crippen LogP contribution in [0.15, 0.2) is 73.6 Å². The molecule has 0 saturated carbocycles. The summed E-state index contributed by atoms with van der Waals surface area (Å²) < 4.78 is 7.79. The molecule has 194 valence electrons. The maximum atomic E-state index is 12.2. The molecular formula is C29H36N6O2. The van der Waals surface area contributed by atoms with E-state index in [1.807, 2.05) is 87.0 Å². The van der Waals surface area contributed by atoms with Crippen molar-refractivity contribution in [3.05, 3.63) is 73.6 Å². The normalized spacial score (nSPS) is 14.6. The van der Waals surface area contributed by atoms with E-state index in [4.69, 9.17) is 15.6 Å². The first kappa shape index (κ1) is 27.4. The van der Waals surface area contributed by atoms with Crippen molar-refractivity contribution in [2.24, 2.45) is 0 Å². The molecule has 1 fully saturated rings. The number of piperidine rings is 1. The fourth-order valence-electron chi connectivity index (χ4n) is 4.24. The SMILES string of the molecule is C=CC(=O)N1CCC[C@@H](n2nc(-c3ccc(Oc4ccccc4)cc3)c3c(N)ncnc32)C1.CC.CC. The van der Waals surface area contributed by atoms with E-state index in [0.29, 0.717) is 35.6 Å². The number of hydrogen-bond acceptors (Lipinski definition) is 6. The third-order valence-electron chi connectivity index (χ3n) is 5.85. The summed E-state index contributed by atoms with van der Waals surface area (Å²) in [6, 6.07) is 17.3. The number of nitrogens with zero attached hydrogens (tertiary/aromatic N) is 5. The van der Waals surface area contributed by atoms with E-state index in [0.717, 1.165) is 29.9 Å². The fourth-order valence-corrected chi connectivity index (χ4v) is 4.24. The van der Waals surface area contributed by atoms with Gasteiger partial charge in [-0.2, -0.15) is 5.10 Å². The van der Waals surface area contributed by atoms with E-state index in [2.05, 4.69) is 16.5 Å². The van der Waals surface area contributed by atoms with Gasteiger partial charge < -0.3 is 15.4 Å². The zero-order chi connectivity index (χ0) is 26.8. The zero-order valence-electron chi connectivity index (χ0n) is 22.1. The van der Waals surface area contributed by atoms with Crippen molar-refractivity contribution in [1.82, 2.24) is 24.6 Å². The van der Waals surface area contributed by atoms with Gasteiger partial charge in [0.1, 0.15) is 29.3 Å². The summed E-state index contributed by atoms with van der Waals surface area (Å²) >= 11 is 0. The lowest BCUT2D eigenvalue weighted by Crippen LogP contribution is -2.40. The summed E-state index contributed by atoms with van der Waals surface area (Å²) in [6.45, 7) is 12.9. The van der Waals surface area contributed by atoms with Crippen molar-refractivity contribution < 1.29 is 9.53 Å². The van der Waals surface area contributed by atoms with Gasteiger partial charge in [0.15, 0.2) is 5.65 Å². The highest BCUT2D eigenvalue weighted by atomic mass is 16.5. The minimum atomic E-state index is -0.0699. The first-order chi connectivity index (χ1) is 18.1. The van der Waals surface area contributed by atoms with Gasteiger partial charge >= 0.3 is 0 Å². The van der Waals surface area contributed by atoms with Crippen LogP contribution in [0.1, 0.15) is 46.6 Å². The molecule has 3 heterocycles. The molecule has 0 bridgehead atoms. The number of carbonyl (C=O) groups is 1. The Kier molecular flexibility index (Phi) is 9.77. The quantitative estimate of drug-likeness (QED) is 0.324. The summed E-state index contributed by atoms with van der Waals surface area (Å²) in [6.07, 6.45) is 4.58. The lowest BCUT2D eigenvalue weighted by atomic mass is 10.1. The molecule has 0 radical (unpaired) electrons. The van der Waals surface area contributed by atoms with Crippen molar-refractivity contribution in [3.8, 4) is 22.8 Å². The highest BCUT2D eigenvalue weighted by Crippen LogP contribution is 2.34. The van der Waals surface area contributed by atoms with Crippen molar-refractivity contribution in [2.45, 2.75) is 46.6 Å². The minimum absolute atomic E-state index is 0.00566. The topological polar surface area (TPSA) is 99.2 Å². The van der Waals surface area contributed by atoms with Crippen molar-refractivity contribution in [2.75, 3.05) is 18.8 Å². The number of carbonyl (C=O) groups excluding carboxylic acids is 1. The predicted octanol–water partition coefficient (Wildman–Crippen LogP) is 6.27. The van der Waals surface area contributed by atoms with Gasteiger partial charge in [-0.3, -0.25) is 4.79 Å². The number of benzene rings is 2. The summed E-state index contributed by atoms with van der Waals surface area (Å²) in [5.41, 5.74) is 8.52. The molecule has 8 heteroatoms. The largest absolute Gasteiger partial charge is 0.457 e. The third kappa shape index (κ3) is 6.14. The van der Waals surface area contributed by atoms with Gasteiger partial charge in [-0.05, 0) is 55.3 Å². The number of rotatable bonds is 5. The second-order valence-electron chi connectivity index (χ2n) is 7.97. The van der Waals surface area contributed by atoms with Crippen LogP contribution in [0.5, 0.6) is 11.5 Å². The number of para-hydroxylation sites is 1. The Morgan fingerprint density at radius 2 is 1.70 bits per heavy atom. The van der Waals surface area contributed by atoms with Crippen LogP contribution >= 0.6 is 0 Å². The van der Waals surface area contributed by atoms with Gasteiger partial charge in [0.25, 0.3) is 0 Å². The van der Waals surface area contributed by atoms with Gasteiger partial charge in [-0.1, -0.05) is 52.5 Å². The molecule has 0 unspecified atom stereocenters. The van der Waals surface area contributed by atoms with Crippen LogP contribution in [0.3, 0.4) is 0 Å². The highest BCUT2D eigenvalue weighted by molar-refractivity contribution is 5.98. The van der Waals surface area contributed by atoms with E-state index in [1.165, 1.54) is 12.4 Å². The molecule has 4 aromatic rings. The van der Waals surface area contributed by atoms with Crippen molar-refractivity contribution >= 4 is 22.8 Å². The first-order valence-corrected chi connectivity index (χ1v) is 12.9. The van der Waals surface area contributed by atoms with Gasteiger partial charge in [0.2, 0.25) is 5.91 Å². The van der Waals surface area contributed by atoms with Crippen LogP contribution in [0.2, 0.25) is 0 Å². The monoisotopic (exact) mass is 500 g/mol.